The number of carbonyl (C=O) groups excluding carboxylic acids is 4. The van der Waals surface area contributed by atoms with Gasteiger partial charge < -0.3 is 48.3 Å². The van der Waals surface area contributed by atoms with Crippen molar-refractivity contribution < 1.29 is 34.2 Å². The van der Waals surface area contributed by atoms with Gasteiger partial charge in [-0.2, -0.15) is 0 Å². The fraction of sp³-hybridized carbons (Fsp3) is 0.600. The Balaban J connectivity index is 3.02. The first-order chi connectivity index (χ1) is 16.6. The van der Waals surface area contributed by atoms with Gasteiger partial charge in [0.15, 0.2) is 0 Å². The largest absolute Gasteiger partial charge is 0.480 e. The number of hydrogen-bond donors (Lipinski definition) is 9. The number of nitrogens with two attached hydrogens (primary N) is 3. The standard InChI is InChI=1S/C20H34N8O7/c21-6-2-1-3-14(20(34)35)27-18(32)13(4-5-16(23)30)26-19(33)15(7-11-8-24-10-25-11)28-17(31)12(22)9-29/h8,10,12-15,29H,1-7,9,21-22H2,(H2,23,30)(H,24,25)(H,26,33)(H,27,32)(H,28,31)(H,34,35). The molecule has 4 atom stereocenters. The van der Waals surface area contributed by atoms with Crippen molar-refractivity contribution in [1.82, 2.24) is 25.9 Å². The van der Waals surface area contributed by atoms with Crippen LogP contribution in [0.3, 0.4) is 0 Å². The Hall–Kier alpha value is -3.56. The van der Waals surface area contributed by atoms with E-state index < -0.39 is 60.4 Å². The Kier molecular flexibility index (Phi) is 12.9. The fourth-order valence-electron chi connectivity index (χ4n) is 3.04. The van der Waals surface area contributed by atoms with E-state index in [9.17, 15) is 29.1 Å². The highest BCUT2D eigenvalue weighted by atomic mass is 16.4. The molecule has 1 aromatic heterocycles. The molecule has 0 saturated heterocycles. The highest BCUT2D eigenvalue weighted by Crippen LogP contribution is 2.06. The third-order valence-electron chi connectivity index (χ3n) is 5.02. The summed E-state index contributed by atoms with van der Waals surface area (Å²) in [5, 5.41) is 25.7. The van der Waals surface area contributed by atoms with Gasteiger partial charge in [0, 0.05) is 24.7 Å². The summed E-state index contributed by atoms with van der Waals surface area (Å²) in [6.45, 7) is -0.296. The van der Waals surface area contributed by atoms with E-state index in [4.69, 9.17) is 22.3 Å². The van der Waals surface area contributed by atoms with Crippen LogP contribution in [0.4, 0.5) is 0 Å². The van der Waals surface area contributed by atoms with E-state index in [1.807, 2.05) is 0 Å². The summed E-state index contributed by atoms with van der Waals surface area (Å²) in [6.07, 6.45) is 3.39. The number of carboxylic acids is 1. The number of amides is 4. The molecule has 15 heteroatoms. The SMILES string of the molecule is NCCCCC(NC(=O)C(CCC(N)=O)NC(=O)C(Cc1cnc[nH]1)NC(=O)C(N)CO)C(=O)O. The predicted molar refractivity (Wildman–Crippen MR) is 122 cm³/mol. The number of aromatic nitrogens is 2. The number of carbonyl (C=O) groups is 5. The molecule has 15 nitrogen and oxygen atoms in total. The van der Waals surface area contributed by atoms with Crippen molar-refractivity contribution in [3.05, 3.63) is 18.2 Å². The van der Waals surface area contributed by atoms with Crippen molar-refractivity contribution in [1.29, 1.82) is 0 Å². The first-order valence-corrected chi connectivity index (χ1v) is 11.0. The number of aliphatic hydroxyl groups excluding tert-OH is 1. The van der Waals surface area contributed by atoms with E-state index in [1.54, 1.807) is 0 Å². The number of nitrogens with one attached hydrogen (secondary N) is 4. The molecule has 0 radical (unpaired) electrons. The van der Waals surface area contributed by atoms with Crippen LogP contribution in [-0.2, 0) is 30.4 Å². The Morgan fingerprint density at radius 1 is 0.971 bits per heavy atom. The summed E-state index contributed by atoms with van der Waals surface area (Å²) in [5.74, 6) is -4.45. The van der Waals surface area contributed by atoms with E-state index in [1.165, 1.54) is 12.5 Å². The molecule has 0 aromatic carbocycles. The number of imidazole rings is 1. The maximum Gasteiger partial charge on any atom is 0.326 e. The fourth-order valence-corrected chi connectivity index (χ4v) is 3.04. The molecular weight excluding hydrogens is 464 g/mol. The maximum atomic E-state index is 13.0. The molecule has 1 aromatic rings. The molecule has 4 amide bonds. The number of primary amides is 1. The summed E-state index contributed by atoms with van der Waals surface area (Å²) < 4.78 is 0. The van der Waals surface area contributed by atoms with Crippen LogP contribution >= 0.6 is 0 Å². The van der Waals surface area contributed by atoms with Gasteiger partial charge in [-0.25, -0.2) is 9.78 Å². The molecule has 35 heavy (non-hydrogen) atoms. The summed E-state index contributed by atoms with van der Waals surface area (Å²) in [7, 11) is 0. The van der Waals surface area contributed by atoms with E-state index in [0.717, 1.165) is 0 Å². The average molecular weight is 499 g/mol. The lowest BCUT2D eigenvalue weighted by atomic mass is 10.1. The van der Waals surface area contributed by atoms with Gasteiger partial charge >= 0.3 is 5.97 Å². The Morgan fingerprint density at radius 2 is 1.60 bits per heavy atom. The van der Waals surface area contributed by atoms with Crippen LogP contribution in [-0.4, -0.2) is 87.1 Å². The van der Waals surface area contributed by atoms with Gasteiger partial charge in [-0.1, -0.05) is 0 Å². The number of aromatic amines is 1. The zero-order valence-corrected chi connectivity index (χ0v) is 19.2. The van der Waals surface area contributed by atoms with Crippen molar-refractivity contribution in [3.63, 3.8) is 0 Å². The number of aliphatic carboxylic acids is 1. The lowest BCUT2D eigenvalue weighted by Crippen LogP contribution is -2.58. The summed E-state index contributed by atoms with van der Waals surface area (Å²) in [4.78, 5) is 67.5. The second kappa shape index (κ2) is 15.4. The number of aliphatic hydroxyl groups is 1. The second-order valence-corrected chi connectivity index (χ2v) is 7.88. The number of H-pyrrole nitrogens is 1. The van der Waals surface area contributed by atoms with Crippen molar-refractivity contribution >= 4 is 29.6 Å². The molecule has 1 heterocycles. The van der Waals surface area contributed by atoms with E-state index in [2.05, 4.69) is 25.9 Å². The van der Waals surface area contributed by atoms with Crippen LogP contribution in [0.25, 0.3) is 0 Å². The number of rotatable bonds is 17. The monoisotopic (exact) mass is 498 g/mol. The Morgan fingerprint density at radius 3 is 2.14 bits per heavy atom. The smallest absolute Gasteiger partial charge is 0.326 e. The lowest BCUT2D eigenvalue weighted by Gasteiger charge is -2.25. The molecule has 196 valence electrons. The van der Waals surface area contributed by atoms with Gasteiger partial charge in [-0.3, -0.25) is 19.2 Å². The molecule has 0 bridgehead atoms. The van der Waals surface area contributed by atoms with Crippen molar-refractivity contribution in [2.75, 3.05) is 13.2 Å². The molecular formula is C20H34N8O7. The van der Waals surface area contributed by atoms with Crippen LogP contribution < -0.4 is 33.2 Å². The van der Waals surface area contributed by atoms with E-state index >= 15 is 0 Å². The quantitative estimate of drug-likeness (QED) is 0.0945. The second-order valence-electron chi connectivity index (χ2n) is 7.88. The van der Waals surface area contributed by atoms with Gasteiger partial charge in [0.05, 0.1) is 12.9 Å². The molecule has 0 aliphatic carbocycles. The third-order valence-corrected chi connectivity index (χ3v) is 5.02. The zero-order valence-electron chi connectivity index (χ0n) is 19.2. The maximum absolute atomic E-state index is 13.0. The lowest BCUT2D eigenvalue weighted by molar-refractivity contribution is -0.142. The number of hydrogen-bond acceptors (Lipinski definition) is 9. The number of unbranched alkanes of at least 4 members (excludes halogenated alkanes) is 1. The molecule has 0 saturated carbocycles. The van der Waals surface area contributed by atoms with E-state index in [-0.39, 0.29) is 25.7 Å². The van der Waals surface area contributed by atoms with Gasteiger partial charge in [-0.15, -0.1) is 0 Å². The van der Waals surface area contributed by atoms with Crippen LogP contribution in [0, 0.1) is 0 Å². The van der Waals surface area contributed by atoms with Crippen LogP contribution in [0.2, 0.25) is 0 Å². The highest BCUT2D eigenvalue weighted by Gasteiger charge is 2.30. The van der Waals surface area contributed by atoms with Crippen LogP contribution in [0.15, 0.2) is 12.5 Å². The molecule has 0 fully saturated rings. The zero-order chi connectivity index (χ0) is 26.4. The Labute approximate surface area is 201 Å². The number of carboxylic acid groups (broad SMARTS) is 1. The van der Waals surface area contributed by atoms with E-state index in [0.29, 0.717) is 25.1 Å². The first-order valence-electron chi connectivity index (χ1n) is 11.0. The van der Waals surface area contributed by atoms with Crippen LogP contribution in [0.1, 0.15) is 37.8 Å². The van der Waals surface area contributed by atoms with Gasteiger partial charge in [-0.05, 0) is 32.2 Å². The molecule has 0 spiro atoms. The summed E-state index contributed by atoms with van der Waals surface area (Å²) in [5.41, 5.74) is 16.6. The minimum Gasteiger partial charge on any atom is -0.480 e. The molecule has 1 rings (SSSR count). The van der Waals surface area contributed by atoms with Gasteiger partial charge in [0.25, 0.3) is 0 Å². The third kappa shape index (κ3) is 10.9. The topological polar surface area (TPSA) is 269 Å². The molecule has 0 aliphatic heterocycles. The van der Waals surface area contributed by atoms with Crippen molar-refractivity contribution in [3.8, 4) is 0 Å². The summed E-state index contributed by atoms with van der Waals surface area (Å²) >= 11 is 0. The highest BCUT2D eigenvalue weighted by molar-refractivity contribution is 5.94. The molecule has 12 N–H and O–H groups in total. The molecule has 4 unspecified atom stereocenters. The van der Waals surface area contributed by atoms with Crippen molar-refractivity contribution in [2.24, 2.45) is 17.2 Å². The average Bonchev–Trinajstić information content (AvgIpc) is 3.32. The minimum atomic E-state index is -1.32. The number of nitrogens with zero attached hydrogens (tertiary/aromatic N) is 1. The normalized spacial score (nSPS) is 14.3. The first kappa shape index (κ1) is 29.5. The predicted octanol–water partition coefficient (Wildman–Crippen LogP) is -3.79. The summed E-state index contributed by atoms with van der Waals surface area (Å²) in [6, 6.07) is -5.07. The van der Waals surface area contributed by atoms with Gasteiger partial charge in [0.2, 0.25) is 23.6 Å². The Bertz CT molecular complexity index is 849. The van der Waals surface area contributed by atoms with Gasteiger partial charge in [0.1, 0.15) is 24.2 Å². The van der Waals surface area contributed by atoms with Crippen LogP contribution in [0.5, 0.6) is 0 Å². The minimum absolute atomic E-state index is 0.0588. The molecule has 0 aliphatic rings. The van der Waals surface area contributed by atoms with Crippen molar-refractivity contribution in [2.45, 2.75) is 62.7 Å².